The molecule has 8 heteroatoms. The lowest BCUT2D eigenvalue weighted by molar-refractivity contribution is -0.135. The van der Waals surface area contributed by atoms with Gasteiger partial charge in [0.1, 0.15) is 5.69 Å². The minimum Gasteiger partial charge on any atom is -0.461 e. The van der Waals surface area contributed by atoms with E-state index >= 15 is 0 Å². The number of aromatic nitrogens is 1. The molecule has 0 bridgehead atoms. The summed E-state index contributed by atoms with van der Waals surface area (Å²) in [6.45, 7) is 11.2. The molecule has 3 heterocycles. The lowest BCUT2D eigenvalue weighted by Gasteiger charge is -2.32. The Balaban J connectivity index is 1.42. The third kappa shape index (κ3) is 7.82. The van der Waals surface area contributed by atoms with Crippen LogP contribution in [0.5, 0.6) is 0 Å². The molecular formula is C27H44N4O4. The van der Waals surface area contributed by atoms with Gasteiger partial charge < -0.3 is 24.8 Å². The van der Waals surface area contributed by atoms with Crippen LogP contribution in [-0.4, -0.2) is 78.4 Å². The number of amides is 2. The van der Waals surface area contributed by atoms with Gasteiger partial charge in [-0.2, -0.15) is 0 Å². The van der Waals surface area contributed by atoms with Crippen LogP contribution < -0.4 is 5.32 Å². The van der Waals surface area contributed by atoms with Gasteiger partial charge in [0.05, 0.1) is 12.5 Å². The van der Waals surface area contributed by atoms with Crippen molar-refractivity contribution in [2.45, 2.75) is 78.6 Å². The molecular weight excluding hydrogens is 444 g/mol. The van der Waals surface area contributed by atoms with Gasteiger partial charge in [0.15, 0.2) is 0 Å². The van der Waals surface area contributed by atoms with Crippen molar-refractivity contribution >= 4 is 17.8 Å². The van der Waals surface area contributed by atoms with E-state index in [2.05, 4.69) is 15.2 Å². The van der Waals surface area contributed by atoms with Gasteiger partial charge in [-0.25, -0.2) is 4.79 Å². The molecule has 1 atom stereocenters. The van der Waals surface area contributed by atoms with Crippen LogP contribution in [0.1, 0.15) is 85.6 Å². The van der Waals surface area contributed by atoms with Crippen molar-refractivity contribution in [1.29, 1.82) is 0 Å². The molecule has 2 aliphatic heterocycles. The van der Waals surface area contributed by atoms with E-state index in [0.29, 0.717) is 44.8 Å². The molecule has 196 valence electrons. The summed E-state index contributed by atoms with van der Waals surface area (Å²) in [6.07, 6.45) is 8.84. The summed E-state index contributed by atoms with van der Waals surface area (Å²) in [5.41, 5.74) is 3.22. The van der Waals surface area contributed by atoms with E-state index in [0.717, 1.165) is 42.6 Å². The van der Waals surface area contributed by atoms with E-state index in [1.807, 2.05) is 18.7 Å². The number of hydrogen-bond acceptors (Lipinski definition) is 5. The first kappa shape index (κ1) is 27.2. The number of H-pyrrole nitrogens is 1. The number of likely N-dealkylation sites (tertiary alicyclic amines) is 2. The van der Waals surface area contributed by atoms with Crippen LogP contribution >= 0.6 is 0 Å². The molecule has 2 N–H and O–H groups in total. The minimum absolute atomic E-state index is 0.0707. The van der Waals surface area contributed by atoms with E-state index in [-0.39, 0.29) is 23.7 Å². The molecule has 0 aromatic carbocycles. The summed E-state index contributed by atoms with van der Waals surface area (Å²) < 4.78 is 5.12. The van der Waals surface area contributed by atoms with E-state index in [1.165, 1.54) is 38.8 Å². The Morgan fingerprint density at radius 2 is 1.80 bits per heavy atom. The molecule has 1 aromatic heterocycles. The Kier molecular flexibility index (Phi) is 10.6. The maximum Gasteiger partial charge on any atom is 0.355 e. The smallest absolute Gasteiger partial charge is 0.355 e. The predicted octanol–water partition coefficient (Wildman–Crippen LogP) is 3.36. The number of carbonyl (C=O) groups is 3. The summed E-state index contributed by atoms with van der Waals surface area (Å²) in [7, 11) is 0. The van der Waals surface area contributed by atoms with Crippen LogP contribution in [0, 0.1) is 19.8 Å². The van der Waals surface area contributed by atoms with Gasteiger partial charge in [0, 0.05) is 31.7 Å². The Bertz CT molecular complexity index is 858. The van der Waals surface area contributed by atoms with Crippen LogP contribution in [0.15, 0.2) is 0 Å². The first-order valence-electron chi connectivity index (χ1n) is 13.5. The van der Waals surface area contributed by atoms with Gasteiger partial charge in [-0.1, -0.05) is 12.8 Å². The third-order valence-corrected chi connectivity index (χ3v) is 7.46. The highest BCUT2D eigenvalue weighted by Crippen LogP contribution is 2.22. The van der Waals surface area contributed by atoms with Gasteiger partial charge in [0.25, 0.3) is 0 Å². The average molecular weight is 489 g/mol. The van der Waals surface area contributed by atoms with Crippen molar-refractivity contribution in [2.24, 2.45) is 5.92 Å². The zero-order valence-corrected chi connectivity index (χ0v) is 21.9. The zero-order chi connectivity index (χ0) is 25.2. The van der Waals surface area contributed by atoms with Gasteiger partial charge in [-0.15, -0.1) is 0 Å². The minimum atomic E-state index is -0.359. The third-order valence-electron chi connectivity index (χ3n) is 7.46. The molecule has 2 fully saturated rings. The molecule has 0 saturated carbocycles. The van der Waals surface area contributed by atoms with Crippen LogP contribution in [-0.2, 0) is 20.7 Å². The summed E-state index contributed by atoms with van der Waals surface area (Å²) in [5.74, 6) is -0.338. The molecule has 8 nitrogen and oxygen atoms in total. The molecule has 2 saturated heterocycles. The molecule has 0 unspecified atom stereocenters. The monoisotopic (exact) mass is 488 g/mol. The molecule has 0 spiro atoms. The van der Waals surface area contributed by atoms with E-state index in [4.69, 9.17) is 4.74 Å². The molecule has 3 rings (SSSR count). The van der Waals surface area contributed by atoms with Crippen LogP contribution in [0.2, 0.25) is 0 Å². The normalized spacial score (nSPS) is 19.3. The van der Waals surface area contributed by atoms with Crippen LogP contribution in [0.3, 0.4) is 0 Å². The Labute approximate surface area is 210 Å². The number of aromatic amines is 1. The Morgan fingerprint density at radius 1 is 1.06 bits per heavy atom. The predicted molar refractivity (Wildman–Crippen MR) is 136 cm³/mol. The second-order valence-corrected chi connectivity index (χ2v) is 10.0. The molecule has 2 aliphatic rings. The van der Waals surface area contributed by atoms with Gasteiger partial charge in [-0.05, 0) is 90.1 Å². The number of nitrogens with one attached hydrogen (secondary N) is 2. The van der Waals surface area contributed by atoms with Crippen molar-refractivity contribution in [1.82, 2.24) is 20.1 Å². The number of piperidine rings is 1. The Morgan fingerprint density at radius 3 is 2.51 bits per heavy atom. The molecule has 0 aliphatic carbocycles. The summed E-state index contributed by atoms with van der Waals surface area (Å²) in [6, 6.07) is 0. The lowest BCUT2D eigenvalue weighted by atomic mass is 9.96. The first-order chi connectivity index (χ1) is 16.9. The Hall–Kier alpha value is -2.35. The topological polar surface area (TPSA) is 94.7 Å². The second-order valence-electron chi connectivity index (χ2n) is 10.0. The van der Waals surface area contributed by atoms with E-state index in [9.17, 15) is 14.4 Å². The summed E-state index contributed by atoms with van der Waals surface area (Å²) >= 11 is 0. The highest BCUT2D eigenvalue weighted by Gasteiger charge is 2.28. The number of nitrogens with zero attached hydrogens (tertiary/aromatic N) is 2. The van der Waals surface area contributed by atoms with Crippen molar-refractivity contribution in [3.8, 4) is 0 Å². The van der Waals surface area contributed by atoms with Gasteiger partial charge in [-0.3, -0.25) is 9.59 Å². The standard InChI is InChI=1S/C27H44N4O4/c1-4-35-27(34)25-20(2)23(21(3)29-25)12-13-24(32)31-18-9-11-22(19-31)26(33)28-14-10-17-30-15-7-5-6-8-16-30/h22,29H,4-19H2,1-3H3,(H,28,33)/t22-/m1/s1. The molecule has 35 heavy (non-hydrogen) atoms. The second kappa shape index (κ2) is 13.7. The van der Waals surface area contributed by atoms with Crippen molar-refractivity contribution < 1.29 is 19.1 Å². The lowest BCUT2D eigenvalue weighted by Crippen LogP contribution is -2.45. The number of carbonyl (C=O) groups excluding carboxylic acids is 3. The van der Waals surface area contributed by atoms with E-state index < -0.39 is 0 Å². The highest BCUT2D eigenvalue weighted by molar-refractivity contribution is 5.90. The fraction of sp³-hybridized carbons (Fsp3) is 0.741. The fourth-order valence-electron chi connectivity index (χ4n) is 5.40. The van der Waals surface area contributed by atoms with Crippen molar-refractivity contribution in [3.63, 3.8) is 0 Å². The first-order valence-corrected chi connectivity index (χ1v) is 13.5. The summed E-state index contributed by atoms with van der Waals surface area (Å²) in [4.78, 5) is 45.3. The van der Waals surface area contributed by atoms with Crippen molar-refractivity contribution in [3.05, 3.63) is 22.5 Å². The summed E-state index contributed by atoms with van der Waals surface area (Å²) in [5, 5.41) is 3.11. The largest absolute Gasteiger partial charge is 0.461 e. The van der Waals surface area contributed by atoms with Crippen molar-refractivity contribution in [2.75, 3.05) is 45.9 Å². The number of aryl methyl sites for hydroxylation is 1. The maximum absolute atomic E-state index is 13.0. The molecule has 1 aromatic rings. The average Bonchev–Trinajstić information content (AvgIpc) is 3.01. The number of esters is 1. The SMILES string of the molecule is CCOC(=O)c1[nH]c(C)c(CCC(=O)N2CCC[C@@H](C(=O)NCCCN3CCCCCC3)C2)c1C. The number of rotatable bonds is 10. The zero-order valence-electron chi connectivity index (χ0n) is 21.9. The molecule has 0 radical (unpaired) electrons. The number of hydrogen-bond donors (Lipinski definition) is 2. The van der Waals surface area contributed by atoms with Gasteiger partial charge >= 0.3 is 5.97 Å². The quantitative estimate of drug-likeness (QED) is 0.389. The van der Waals surface area contributed by atoms with Crippen LogP contribution in [0.4, 0.5) is 0 Å². The van der Waals surface area contributed by atoms with E-state index in [1.54, 1.807) is 6.92 Å². The van der Waals surface area contributed by atoms with Gasteiger partial charge in [0.2, 0.25) is 11.8 Å². The van der Waals surface area contributed by atoms with Crippen LogP contribution in [0.25, 0.3) is 0 Å². The number of ether oxygens (including phenoxy) is 1. The fourth-order valence-corrected chi connectivity index (χ4v) is 5.40. The molecule has 2 amide bonds. The maximum atomic E-state index is 13.0. The highest BCUT2D eigenvalue weighted by atomic mass is 16.5.